The minimum absolute atomic E-state index is 0.0193. The molecule has 1 fully saturated rings. The maximum Gasteiger partial charge on any atom is 0.257 e. The van der Waals surface area contributed by atoms with Crippen LogP contribution in [-0.2, 0) is 4.79 Å². The van der Waals surface area contributed by atoms with E-state index < -0.39 is 0 Å². The van der Waals surface area contributed by atoms with E-state index in [2.05, 4.69) is 15.4 Å². The summed E-state index contributed by atoms with van der Waals surface area (Å²) in [7, 11) is 0. The Hall–Kier alpha value is -2.61. The third-order valence-corrected chi connectivity index (χ3v) is 4.68. The van der Waals surface area contributed by atoms with Crippen molar-refractivity contribution in [1.29, 1.82) is 0 Å². The number of piperazine rings is 1. The van der Waals surface area contributed by atoms with E-state index in [0.29, 0.717) is 49.1 Å². The summed E-state index contributed by atoms with van der Waals surface area (Å²) in [6.45, 7) is 9.66. The molecule has 0 bridgehead atoms. The highest BCUT2D eigenvalue weighted by molar-refractivity contribution is 5.95. The van der Waals surface area contributed by atoms with Crippen molar-refractivity contribution < 1.29 is 18.5 Å². The molecule has 0 aromatic carbocycles. The number of aromatic nitrogens is 1. The van der Waals surface area contributed by atoms with Gasteiger partial charge in [-0.25, -0.2) is 0 Å². The molecule has 26 heavy (non-hydrogen) atoms. The summed E-state index contributed by atoms with van der Waals surface area (Å²) in [5.74, 6) is 2.28. The highest BCUT2D eigenvalue weighted by atomic mass is 16.5. The standard InChI is InChI=1S/C18H24N4O4/c1-11-9-15(14(4)25-11)18(24)22-7-5-21(6-8-22)13(3)17(23)19-16-10-12(2)26-20-16/h9-10,13H,5-8H2,1-4H3,(H,19,20,23). The van der Waals surface area contributed by atoms with Gasteiger partial charge in [0.05, 0.1) is 11.6 Å². The number of carbonyl (C=O) groups is 2. The summed E-state index contributed by atoms with van der Waals surface area (Å²) in [6.07, 6.45) is 0. The fourth-order valence-corrected chi connectivity index (χ4v) is 3.15. The molecule has 2 aromatic heterocycles. The average Bonchev–Trinajstić information content (AvgIpc) is 3.18. The van der Waals surface area contributed by atoms with E-state index in [9.17, 15) is 9.59 Å². The molecule has 1 aliphatic rings. The minimum Gasteiger partial charge on any atom is -0.466 e. The van der Waals surface area contributed by atoms with Gasteiger partial charge >= 0.3 is 0 Å². The number of furan rings is 1. The van der Waals surface area contributed by atoms with Crippen LogP contribution in [-0.4, -0.2) is 59.0 Å². The molecule has 0 aliphatic carbocycles. The summed E-state index contributed by atoms with van der Waals surface area (Å²) in [4.78, 5) is 28.9. The van der Waals surface area contributed by atoms with Gasteiger partial charge in [0.25, 0.3) is 5.91 Å². The van der Waals surface area contributed by atoms with Gasteiger partial charge in [0.1, 0.15) is 17.3 Å². The van der Waals surface area contributed by atoms with Crippen LogP contribution in [0.15, 0.2) is 21.1 Å². The second kappa shape index (κ2) is 7.33. The second-order valence-electron chi connectivity index (χ2n) is 6.64. The Kier molecular flexibility index (Phi) is 5.13. The van der Waals surface area contributed by atoms with E-state index in [1.807, 2.05) is 13.8 Å². The maximum absolute atomic E-state index is 12.6. The van der Waals surface area contributed by atoms with Gasteiger partial charge in [-0.2, -0.15) is 0 Å². The van der Waals surface area contributed by atoms with Gasteiger partial charge in [-0.3, -0.25) is 14.5 Å². The number of rotatable bonds is 4. The van der Waals surface area contributed by atoms with Crippen molar-refractivity contribution in [1.82, 2.24) is 15.0 Å². The molecule has 0 radical (unpaired) electrons. The van der Waals surface area contributed by atoms with E-state index in [1.165, 1.54) is 0 Å². The van der Waals surface area contributed by atoms with Gasteiger partial charge in [0.15, 0.2) is 5.82 Å². The quantitative estimate of drug-likeness (QED) is 0.896. The van der Waals surface area contributed by atoms with Gasteiger partial charge in [0.2, 0.25) is 5.91 Å². The van der Waals surface area contributed by atoms with Crippen LogP contribution in [0.25, 0.3) is 0 Å². The van der Waals surface area contributed by atoms with Gasteiger partial charge in [-0.1, -0.05) is 5.16 Å². The SMILES string of the molecule is Cc1cc(NC(=O)C(C)N2CCN(C(=O)c3cc(C)oc3C)CC2)no1. The monoisotopic (exact) mass is 360 g/mol. The Labute approximate surface area is 152 Å². The molecule has 0 spiro atoms. The van der Waals surface area contributed by atoms with E-state index in [-0.39, 0.29) is 17.9 Å². The minimum atomic E-state index is -0.317. The van der Waals surface area contributed by atoms with E-state index in [0.717, 1.165) is 5.76 Å². The second-order valence-corrected chi connectivity index (χ2v) is 6.64. The molecule has 140 valence electrons. The van der Waals surface area contributed by atoms with Crippen molar-refractivity contribution in [3.8, 4) is 0 Å². The maximum atomic E-state index is 12.6. The molecule has 0 saturated carbocycles. The topological polar surface area (TPSA) is 91.8 Å². The van der Waals surface area contributed by atoms with Crippen molar-refractivity contribution >= 4 is 17.6 Å². The number of hydrogen-bond acceptors (Lipinski definition) is 6. The number of amides is 2. The highest BCUT2D eigenvalue weighted by Gasteiger charge is 2.29. The highest BCUT2D eigenvalue weighted by Crippen LogP contribution is 2.18. The first-order valence-electron chi connectivity index (χ1n) is 8.69. The molecule has 1 atom stereocenters. The Morgan fingerprint density at radius 2 is 1.81 bits per heavy atom. The Morgan fingerprint density at radius 1 is 1.12 bits per heavy atom. The smallest absolute Gasteiger partial charge is 0.257 e. The van der Waals surface area contributed by atoms with Crippen LogP contribution < -0.4 is 5.32 Å². The lowest BCUT2D eigenvalue weighted by molar-refractivity contribution is -0.121. The Morgan fingerprint density at radius 3 is 2.35 bits per heavy atom. The number of nitrogens with one attached hydrogen (secondary N) is 1. The molecular formula is C18H24N4O4. The van der Waals surface area contributed by atoms with Crippen molar-refractivity contribution in [2.45, 2.75) is 33.7 Å². The summed E-state index contributed by atoms with van der Waals surface area (Å²) in [5, 5.41) is 6.53. The molecule has 8 nitrogen and oxygen atoms in total. The van der Waals surface area contributed by atoms with Crippen LogP contribution in [0.2, 0.25) is 0 Å². The predicted molar refractivity (Wildman–Crippen MR) is 95.0 cm³/mol. The molecule has 2 amide bonds. The normalized spacial score (nSPS) is 16.5. The van der Waals surface area contributed by atoms with E-state index >= 15 is 0 Å². The lowest BCUT2D eigenvalue weighted by atomic mass is 10.1. The van der Waals surface area contributed by atoms with Crippen LogP contribution in [0.1, 0.15) is 34.6 Å². The number of aryl methyl sites for hydroxylation is 3. The zero-order chi connectivity index (χ0) is 18.8. The van der Waals surface area contributed by atoms with Crippen molar-refractivity contribution in [3.05, 3.63) is 35.0 Å². The molecule has 2 aromatic rings. The lowest BCUT2D eigenvalue weighted by Gasteiger charge is -2.37. The molecule has 1 N–H and O–H groups in total. The number of carbonyl (C=O) groups excluding carboxylic acids is 2. The molecule has 1 saturated heterocycles. The van der Waals surface area contributed by atoms with E-state index in [4.69, 9.17) is 8.94 Å². The van der Waals surface area contributed by atoms with Gasteiger partial charge in [-0.05, 0) is 33.8 Å². The van der Waals surface area contributed by atoms with Crippen LogP contribution >= 0.6 is 0 Å². The summed E-state index contributed by atoms with van der Waals surface area (Å²) in [5.41, 5.74) is 0.614. The first kappa shape index (κ1) is 18.2. The first-order chi connectivity index (χ1) is 12.3. The van der Waals surface area contributed by atoms with Crippen LogP contribution in [0.3, 0.4) is 0 Å². The molecule has 3 heterocycles. The van der Waals surface area contributed by atoms with Gasteiger partial charge < -0.3 is 19.2 Å². The number of hydrogen-bond donors (Lipinski definition) is 1. The van der Waals surface area contributed by atoms with Crippen LogP contribution in [0.5, 0.6) is 0 Å². The Bertz CT molecular complexity index is 802. The molecule has 8 heteroatoms. The molecule has 3 rings (SSSR count). The van der Waals surface area contributed by atoms with Crippen LogP contribution in [0, 0.1) is 20.8 Å². The Balaban J connectivity index is 1.55. The van der Waals surface area contributed by atoms with Gasteiger partial charge in [-0.15, -0.1) is 0 Å². The number of anilines is 1. The summed E-state index contributed by atoms with van der Waals surface area (Å²) < 4.78 is 10.4. The van der Waals surface area contributed by atoms with E-state index in [1.54, 1.807) is 30.9 Å². The third-order valence-electron chi connectivity index (χ3n) is 4.68. The predicted octanol–water partition coefficient (Wildman–Crippen LogP) is 1.98. The van der Waals surface area contributed by atoms with Crippen molar-refractivity contribution in [2.24, 2.45) is 0 Å². The summed E-state index contributed by atoms with van der Waals surface area (Å²) >= 11 is 0. The average molecular weight is 360 g/mol. The largest absolute Gasteiger partial charge is 0.466 e. The summed E-state index contributed by atoms with van der Waals surface area (Å²) in [6, 6.07) is 3.14. The van der Waals surface area contributed by atoms with Crippen molar-refractivity contribution in [2.75, 3.05) is 31.5 Å². The van der Waals surface area contributed by atoms with Crippen LogP contribution in [0.4, 0.5) is 5.82 Å². The molecule has 1 unspecified atom stereocenters. The zero-order valence-corrected chi connectivity index (χ0v) is 15.5. The molecular weight excluding hydrogens is 336 g/mol. The fourth-order valence-electron chi connectivity index (χ4n) is 3.15. The molecule has 1 aliphatic heterocycles. The van der Waals surface area contributed by atoms with Crippen molar-refractivity contribution in [3.63, 3.8) is 0 Å². The van der Waals surface area contributed by atoms with Gasteiger partial charge in [0, 0.05) is 32.2 Å². The zero-order valence-electron chi connectivity index (χ0n) is 15.5. The fraction of sp³-hybridized carbons (Fsp3) is 0.500. The lowest BCUT2D eigenvalue weighted by Crippen LogP contribution is -2.54. The number of nitrogens with zero attached hydrogens (tertiary/aromatic N) is 3. The first-order valence-corrected chi connectivity index (χ1v) is 8.69. The third kappa shape index (κ3) is 3.80.